The van der Waals surface area contributed by atoms with Gasteiger partial charge >= 0.3 is 0 Å². The lowest BCUT2D eigenvalue weighted by Crippen LogP contribution is -2.41. The molecule has 1 amide bonds. The molecule has 0 spiro atoms. The summed E-state index contributed by atoms with van der Waals surface area (Å²) in [4.78, 5) is 23.6. The van der Waals surface area contributed by atoms with Gasteiger partial charge < -0.3 is 4.90 Å². The molecule has 4 nitrogen and oxygen atoms in total. The number of hydrogen-bond acceptors (Lipinski definition) is 3. The van der Waals surface area contributed by atoms with Gasteiger partial charge in [-0.2, -0.15) is 0 Å². The number of amides is 1. The van der Waals surface area contributed by atoms with Crippen LogP contribution in [-0.2, 0) is 6.42 Å². The summed E-state index contributed by atoms with van der Waals surface area (Å²) >= 11 is 0. The molecule has 3 heterocycles. The van der Waals surface area contributed by atoms with Crippen LogP contribution >= 0.6 is 0 Å². The summed E-state index contributed by atoms with van der Waals surface area (Å²) < 4.78 is 0. The first-order valence-corrected chi connectivity index (χ1v) is 9.25. The number of nitrogens with zero attached hydrogens (tertiary/aromatic N) is 3. The maximum Gasteiger partial charge on any atom is 0.272 e. The number of hydrogen-bond donors (Lipinski definition) is 0. The third-order valence-corrected chi connectivity index (χ3v) is 5.28. The monoisotopic (exact) mass is 345 g/mol. The van der Waals surface area contributed by atoms with Gasteiger partial charge in [0.1, 0.15) is 5.69 Å². The number of rotatable bonds is 3. The number of carbonyl (C=O) groups excluding carboxylic acids is 1. The van der Waals surface area contributed by atoms with Gasteiger partial charge in [-0.15, -0.1) is 0 Å². The number of pyridine rings is 2. The van der Waals surface area contributed by atoms with E-state index in [4.69, 9.17) is 0 Å². The van der Waals surface area contributed by atoms with Crippen LogP contribution in [0.2, 0.25) is 0 Å². The van der Waals surface area contributed by atoms with Gasteiger partial charge in [0.05, 0.1) is 0 Å². The van der Waals surface area contributed by atoms with Crippen molar-refractivity contribution in [2.45, 2.75) is 26.2 Å². The maximum atomic E-state index is 12.9. The number of piperidine rings is 1. The fourth-order valence-corrected chi connectivity index (χ4v) is 3.93. The first kappa shape index (κ1) is 16.7. The summed E-state index contributed by atoms with van der Waals surface area (Å²) in [5.41, 5.74) is 2.80. The first-order valence-electron chi connectivity index (χ1n) is 9.25. The predicted octanol–water partition coefficient (Wildman–Crippen LogP) is 4.03. The van der Waals surface area contributed by atoms with Gasteiger partial charge in [0.25, 0.3) is 5.91 Å². The van der Waals surface area contributed by atoms with Crippen molar-refractivity contribution in [1.29, 1.82) is 0 Å². The van der Waals surface area contributed by atoms with Crippen molar-refractivity contribution in [2.75, 3.05) is 13.1 Å². The standard InChI is InChI=1S/C22H23N3O/c1-16-6-4-10-24-21(16)22(26)25-11-5-7-17(15-25)12-19-14-23-13-18-8-2-3-9-20(18)19/h2-4,6,8-10,13-14,17H,5,7,11-12,15H2,1H3/t17-/m1/s1. The molecule has 1 aliphatic heterocycles. The Balaban J connectivity index is 1.52. The summed E-state index contributed by atoms with van der Waals surface area (Å²) in [6.07, 6.45) is 8.74. The van der Waals surface area contributed by atoms with Crippen molar-refractivity contribution in [2.24, 2.45) is 5.92 Å². The lowest BCUT2D eigenvalue weighted by Gasteiger charge is -2.33. The molecule has 26 heavy (non-hydrogen) atoms. The third-order valence-electron chi connectivity index (χ3n) is 5.28. The largest absolute Gasteiger partial charge is 0.337 e. The number of carbonyl (C=O) groups is 1. The summed E-state index contributed by atoms with van der Waals surface area (Å²) in [6.45, 7) is 3.56. The topological polar surface area (TPSA) is 46.1 Å². The van der Waals surface area contributed by atoms with E-state index in [9.17, 15) is 4.79 Å². The Morgan fingerprint density at radius 2 is 2.08 bits per heavy atom. The molecule has 0 N–H and O–H groups in total. The van der Waals surface area contributed by atoms with Gasteiger partial charge in [-0.05, 0) is 54.7 Å². The molecule has 0 unspecified atom stereocenters. The Morgan fingerprint density at radius 1 is 1.19 bits per heavy atom. The molecule has 2 aromatic heterocycles. The highest BCUT2D eigenvalue weighted by Gasteiger charge is 2.26. The van der Waals surface area contributed by atoms with Gasteiger partial charge in [0.15, 0.2) is 0 Å². The zero-order chi connectivity index (χ0) is 17.9. The molecule has 0 saturated carbocycles. The zero-order valence-corrected chi connectivity index (χ0v) is 15.1. The summed E-state index contributed by atoms with van der Waals surface area (Å²) in [7, 11) is 0. The van der Waals surface area contributed by atoms with E-state index < -0.39 is 0 Å². The second-order valence-electron chi connectivity index (χ2n) is 7.15. The molecule has 4 rings (SSSR count). The van der Waals surface area contributed by atoms with Crippen molar-refractivity contribution < 1.29 is 4.79 Å². The number of likely N-dealkylation sites (tertiary alicyclic amines) is 1. The molecule has 1 aliphatic rings. The highest BCUT2D eigenvalue weighted by atomic mass is 16.2. The van der Waals surface area contributed by atoms with Gasteiger partial charge in [-0.3, -0.25) is 14.8 Å². The zero-order valence-electron chi connectivity index (χ0n) is 15.1. The van der Waals surface area contributed by atoms with Gasteiger partial charge in [0, 0.05) is 37.1 Å². The quantitative estimate of drug-likeness (QED) is 0.720. The predicted molar refractivity (Wildman–Crippen MR) is 103 cm³/mol. The molecular formula is C22H23N3O. The average Bonchev–Trinajstić information content (AvgIpc) is 2.68. The fraction of sp³-hybridized carbons (Fsp3) is 0.318. The molecule has 0 aliphatic carbocycles. The molecule has 1 aromatic carbocycles. The van der Waals surface area contributed by atoms with Gasteiger partial charge in [-0.1, -0.05) is 30.3 Å². The van der Waals surface area contributed by atoms with Gasteiger partial charge in [0.2, 0.25) is 0 Å². The van der Waals surface area contributed by atoms with Crippen LogP contribution in [0, 0.1) is 12.8 Å². The van der Waals surface area contributed by atoms with E-state index >= 15 is 0 Å². The molecule has 0 radical (unpaired) electrons. The Labute approximate surface area is 153 Å². The Bertz CT molecular complexity index is 932. The summed E-state index contributed by atoms with van der Waals surface area (Å²) in [6, 6.07) is 12.2. The maximum absolute atomic E-state index is 12.9. The minimum atomic E-state index is 0.0591. The molecule has 0 bridgehead atoms. The van der Waals surface area contributed by atoms with Crippen molar-refractivity contribution in [3.63, 3.8) is 0 Å². The van der Waals surface area contributed by atoms with Crippen LogP contribution in [0.5, 0.6) is 0 Å². The number of aryl methyl sites for hydroxylation is 1. The Hall–Kier alpha value is -2.75. The molecule has 3 aromatic rings. The van der Waals surface area contributed by atoms with E-state index in [1.807, 2.05) is 42.4 Å². The fourth-order valence-electron chi connectivity index (χ4n) is 3.93. The van der Waals surface area contributed by atoms with Crippen molar-refractivity contribution >= 4 is 16.7 Å². The highest BCUT2D eigenvalue weighted by Crippen LogP contribution is 2.26. The van der Waals surface area contributed by atoms with E-state index in [-0.39, 0.29) is 5.91 Å². The second kappa shape index (κ2) is 7.24. The van der Waals surface area contributed by atoms with Gasteiger partial charge in [-0.25, -0.2) is 0 Å². The molecule has 1 fully saturated rings. The molecular weight excluding hydrogens is 322 g/mol. The van der Waals surface area contributed by atoms with E-state index in [0.29, 0.717) is 11.6 Å². The van der Waals surface area contributed by atoms with Crippen LogP contribution < -0.4 is 0 Å². The second-order valence-corrected chi connectivity index (χ2v) is 7.15. The van der Waals surface area contributed by atoms with Crippen LogP contribution in [0.3, 0.4) is 0 Å². The van der Waals surface area contributed by atoms with E-state index in [1.54, 1.807) is 6.20 Å². The molecule has 1 saturated heterocycles. The smallest absolute Gasteiger partial charge is 0.272 e. The van der Waals surface area contributed by atoms with E-state index in [1.165, 1.54) is 16.3 Å². The van der Waals surface area contributed by atoms with Crippen LogP contribution in [0.1, 0.15) is 34.5 Å². The van der Waals surface area contributed by atoms with E-state index in [0.717, 1.165) is 37.9 Å². The molecule has 1 atom stereocenters. The number of aromatic nitrogens is 2. The van der Waals surface area contributed by atoms with Crippen LogP contribution in [0.15, 0.2) is 55.0 Å². The van der Waals surface area contributed by atoms with Crippen LogP contribution in [-0.4, -0.2) is 33.9 Å². The summed E-state index contributed by atoms with van der Waals surface area (Å²) in [5, 5.41) is 2.45. The minimum Gasteiger partial charge on any atom is -0.337 e. The summed E-state index contributed by atoms with van der Waals surface area (Å²) in [5.74, 6) is 0.521. The third kappa shape index (κ3) is 3.32. The molecule has 132 valence electrons. The number of benzene rings is 1. The van der Waals surface area contributed by atoms with Crippen LogP contribution in [0.25, 0.3) is 10.8 Å². The van der Waals surface area contributed by atoms with Crippen molar-refractivity contribution in [1.82, 2.24) is 14.9 Å². The SMILES string of the molecule is Cc1cccnc1C(=O)N1CCC[C@H](Cc2cncc3ccccc23)C1. The lowest BCUT2D eigenvalue weighted by molar-refractivity contribution is 0.0666. The Kier molecular flexibility index (Phi) is 4.65. The normalized spacial score (nSPS) is 17.4. The van der Waals surface area contributed by atoms with Crippen LogP contribution in [0.4, 0.5) is 0 Å². The first-order chi connectivity index (χ1) is 12.7. The minimum absolute atomic E-state index is 0.0591. The van der Waals surface area contributed by atoms with E-state index in [2.05, 4.69) is 28.2 Å². The lowest BCUT2D eigenvalue weighted by atomic mass is 9.90. The molecule has 4 heteroatoms. The van der Waals surface area contributed by atoms with Crippen molar-refractivity contribution in [3.05, 3.63) is 71.8 Å². The van der Waals surface area contributed by atoms with Crippen molar-refractivity contribution in [3.8, 4) is 0 Å². The number of fused-ring (bicyclic) bond motifs is 1. The average molecular weight is 345 g/mol. The Morgan fingerprint density at radius 3 is 2.96 bits per heavy atom. The highest BCUT2D eigenvalue weighted by molar-refractivity contribution is 5.93.